The largest absolute Gasteiger partial charge is 0.478 e. The molecular weight excluding hydrogens is 318 g/mol. The Labute approximate surface area is 143 Å². The monoisotopic (exact) mass is 333 g/mol. The fourth-order valence-electron chi connectivity index (χ4n) is 3.19. The van der Waals surface area contributed by atoms with Crippen LogP contribution in [0.4, 0.5) is 0 Å². The van der Waals surface area contributed by atoms with E-state index in [9.17, 15) is 9.59 Å². The number of amides is 1. The molecule has 6 heteroatoms. The van der Waals surface area contributed by atoms with E-state index in [1.54, 1.807) is 0 Å². The molecule has 3 N–H and O–H groups in total. The molecule has 1 aliphatic carbocycles. The van der Waals surface area contributed by atoms with Crippen molar-refractivity contribution in [2.24, 2.45) is 5.92 Å². The van der Waals surface area contributed by atoms with Gasteiger partial charge >= 0.3 is 5.97 Å². The number of allylic oxidation sites excluding steroid dienone is 4. The Kier molecular flexibility index (Phi) is 3.57. The molecule has 1 fully saturated rings. The fourth-order valence-corrected chi connectivity index (χ4v) is 3.19. The lowest BCUT2D eigenvalue weighted by atomic mass is 9.91. The maximum Gasteiger partial charge on any atom is 0.328 e. The third kappa shape index (κ3) is 2.78. The molecule has 1 atom stereocenters. The molecule has 0 radical (unpaired) electrons. The Balaban J connectivity index is 1.69. The van der Waals surface area contributed by atoms with E-state index >= 15 is 0 Å². The molecule has 0 spiro atoms. The van der Waals surface area contributed by atoms with Gasteiger partial charge < -0.3 is 10.4 Å². The van der Waals surface area contributed by atoms with Crippen LogP contribution in [-0.2, 0) is 9.59 Å². The Hall–Kier alpha value is -3.41. The summed E-state index contributed by atoms with van der Waals surface area (Å²) >= 11 is 0. The van der Waals surface area contributed by atoms with E-state index in [-0.39, 0.29) is 11.8 Å². The molecule has 0 bridgehead atoms. The van der Waals surface area contributed by atoms with Crippen molar-refractivity contribution in [3.8, 4) is 0 Å². The first kappa shape index (κ1) is 15.1. The number of nitrogens with one attached hydrogen (secondary N) is 2. The summed E-state index contributed by atoms with van der Waals surface area (Å²) in [5.74, 6) is -0.992. The van der Waals surface area contributed by atoms with Crippen LogP contribution in [0, 0.1) is 5.92 Å². The zero-order chi connectivity index (χ0) is 17.4. The lowest BCUT2D eigenvalue weighted by Crippen LogP contribution is -2.13. The summed E-state index contributed by atoms with van der Waals surface area (Å²) in [7, 11) is 0. The second-order valence-electron chi connectivity index (χ2n) is 5.98. The zero-order valence-corrected chi connectivity index (χ0v) is 13.2. The number of H-pyrrole nitrogens is 1. The highest BCUT2D eigenvalue weighted by molar-refractivity contribution is 6.03. The van der Waals surface area contributed by atoms with Crippen LogP contribution in [0.15, 0.2) is 53.8 Å². The maximum absolute atomic E-state index is 12.2. The van der Waals surface area contributed by atoms with Crippen LogP contribution in [0.25, 0.3) is 23.1 Å². The van der Waals surface area contributed by atoms with Crippen molar-refractivity contribution in [2.45, 2.75) is 6.42 Å². The lowest BCUT2D eigenvalue weighted by molar-refractivity contribution is -0.131. The number of aromatic amines is 1. The van der Waals surface area contributed by atoms with E-state index in [4.69, 9.17) is 5.11 Å². The zero-order valence-electron chi connectivity index (χ0n) is 13.2. The highest BCUT2D eigenvalue weighted by atomic mass is 16.4. The van der Waals surface area contributed by atoms with Crippen molar-refractivity contribution in [2.75, 3.05) is 0 Å². The Morgan fingerprint density at radius 3 is 3.08 bits per heavy atom. The van der Waals surface area contributed by atoms with E-state index in [1.807, 2.05) is 36.4 Å². The van der Waals surface area contributed by atoms with Crippen molar-refractivity contribution in [3.63, 3.8) is 0 Å². The highest BCUT2D eigenvalue weighted by Crippen LogP contribution is 2.33. The van der Waals surface area contributed by atoms with Gasteiger partial charge in [-0.1, -0.05) is 18.2 Å². The summed E-state index contributed by atoms with van der Waals surface area (Å²) in [4.78, 5) is 22.9. The number of benzene rings is 1. The minimum Gasteiger partial charge on any atom is -0.478 e. The van der Waals surface area contributed by atoms with Crippen LogP contribution in [0.1, 0.15) is 17.7 Å². The van der Waals surface area contributed by atoms with E-state index < -0.39 is 5.97 Å². The molecule has 4 rings (SSSR count). The first-order valence-electron chi connectivity index (χ1n) is 7.90. The molecule has 1 aliphatic heterocycles. The highest BCUT2D eigenvalue weighted by Gasteiger charge is 2.32. The summed E-state index contributed by atoms with van der Waals surface area (Å²) in [5.41, 5.74) is 3.95. The first-order chi connectivity index (χ1) is 12.1. The third-order valence-electron chi connectivity index (χ3n) is 4.38. The van der Waals surface area contributed by atoms with Crippen molar-refractivity contribution in [3.05, 3.63) is 65.0 Å². The average molecular weight is 333 g/mol. The van der Waals surface area contributed by atoms with Gasteiger partial charge in [0.25, 0.3) is 5.91 Å². The number of hydrogen-bond acceptors (Lipinski definition) is 3. The molecule has 2 heterocycles. The van der Waals surface area contributed by atoms with Gasteiger partial charge in [0.2, 0.25) is 0 Å². The van der Waals surface area contributed by atoms with Gasteiger partial charge in [-0.2, -0.15) is 5.10 Å². The Morgan fingerprint density at radius 1 is 1.36 bits per heavy atom. The van der Waals surface area contributed by atoms with Crippen LogP contribution in [0.2, 0.25) is 0 Å². The molecule has 1 saturated heterocycles. The number of fused-ring (bicyclic) bond motifs is 2. The smallest absolute Gasteiger partial charge is 0.328 e. The lowest BCUT2D eigenvalue weighted by Gasteiger charge is -2.11. The molecule has 1 unspecified atom stereocenters. The SMILES string of the molecule is O=C(O)/C=C/c1n[nH]c2cc(/C=C3/C(=O)NC4=CC=CCC43)ccc12. The minimum atomic E-state index is -1.02. The van der Waals surface area contributed by atoms with Gasteiger partial charge in [-0.15, -0.1) is 0 Å². The predicted octanol–water partition coefficient (Wildman–Crippen LogP) is 2.63. The number of carbonyl (C=O) groups excluding carboxylic acids is 1. The number of carbonyl (C=O) groups is 2. The summed E-state index contributed by atoms with van der Waals surface area (Å²) in [6, 6.07) is 5.68. The number of rotatable bonds is 3. The van der Waals surface area contributed by atoms with E-state index in [0.717, 1.165) is 40.2 Å². The molecule has 2 aliphatic rings. The normalized spacial score (nSPS) is 21.0. The van der Waals surface area contributed by atoms with Gasteiger partial charge in [0.1, 0.15) is 0 Å². The van der Waals surface area contributed by atoms with Crippen LogP contribution in [0.3, 0.4) is 0 Å². The fraction of sp³-hybridized carbons (Fsp3) is 0.105. The topological polar surface area (TPSA) is 95.1 Å². The molecule has 6 nitrogen and oxygen atoms in total. The van der Waals surface area contributed by atoms with Crippen LogP contribution in [-0.4, -0.2) is 27.2 Å². The Bertz CT molecular complexity index is 1010. The van der Waals surface area contributed by atoms with Crippen LogP contribution in [0.5, 0.6) is 0 Å². The molecule has 1 amide bonds. The minimum absolute atomic E-state index is 0.0604. The van der Waals surface area contributed by atoms with Crippen molar-refractivity contribution in [1.82, 2.24) is 15.5 Å². The molecule has 124 valence electrons. The predicted molar refractivity (Wildman–Crippen MR) is 94.2 cm³/mol. The van der Waals surface area contributed by atoms with Crippen molar-refractivity contribution < 1.29 is 14.7 Å². The number of nitrogens with zero attached hydrogens (tertiary/aromatic N) is 1. The van der Waals surface area contributed by atoms with Gasteiger partial charge in [-0.05, 0) is 42.3 Å². The van der Waals surface area contributed by atoms with Gasteiger partial charge in [-0.25, -0.2) is 4.79 Å². The summed E-state index contributed by atoms with van der Waals surface area (Å²) in [5, 5.41) is 19.5. The maximum atomic E-state index is 12.2. The number of carboxylic acids is 1. The number of aliphatic carboxylic acids is 1. The van der Waals surface area contributed by atoms with Crippen LogP contribution >= 0.6 is 0 Å². The Morgan fingerprint density at radius 2 is 2.24 bits per heavy atom. The first-order valence-corrected chi connectivity index (χ1v) is 7.90. The molecule has 2 aromatic rings. The number of carboxylic acid groups (broad SMARTS) is 1. The molecule has 0 saturated carbocycles. The second kappa shape index (κ2) is 5.90. The molecule has 1 aromatic carbocycles. The molecule has 25 heavy (non-hydrogen) atoms. The number of hydrogen-bond donors (Lipinski definition) is 3. The third-order valence-corrected chi connectivity index (χ3v) is 4.38. The van der Waals surface area contributed by atoms with Gasteiger partial charge in [0, 0.05) is 28.7 Å². The summed E-state index contributed by atoms with van der Waals surface area (Å²) in [6.07, 6.45) is 11.2. The standard InChI is InChI=1S/C19H15N3O3/c23-18(24)8-7-16-13-6-5-11(10-17(13)22-21-16)9-14-12-3-1-2-4-15(12)20-19(14)25/h1-2,4-10,12H,3H2,(H,20,25)(H,21,22)(H,23,24)/b8-7+,14-9+. The summed E-state index contributed by atoms with van der Waals surface area (Å²) in [6.45, 7) is 0. The van der Waals surface area contributed by atoms with E-state index in [0.29, 0.717) is 5.69 Å². The summed E-state index contributed by atoms with van der Waals surface area (Å²) < 4.78 is 0. The van der Waals surface area contributed by atoms with Crippen molar-refractivity contribution >= 4 is 34.9 Å². The van der Waals surface area contributed by atoms with Gasteiger partial charge in [0.05, 0.1) is 11.2 Å². The second-order valence-corrected chi connectivity index (χ2v) is 5.98. The molecular formula is C19H15N3O3. The van der Waals surface area contributed by atoms with E-state index in [2.05, 4.69) is 21.6 Å². The average Bonchev–Trinajstić information content (AvgIpc) is 3.14. The number of aromatic nitrogens is 2. The van der Waals surface area contributed by atoms with Gasteiger partial charge in [-0.3, -0.25) is 9.89 Å². The quantitative estimate of drug-likeness (QED) is 0.753. The van der Waals surface area contributed by atoms with Crippen LogP contribution < -0.4 is 5.32 Å². The molecule has 1 aromatic heterocycles. The van der Waals surface area contributed by atoms with E-state index in [1.165, 1.54) is 6.08 Å². The van der Waals surface area contributed by atoms with Gasteiger partial charge in [0.15, 0.2) is 0 Å². The van der Waals surface area contributed by atoms with Crippen molar-refractivity contribution in [1.29, 1.82) is 0 Å².